The first-order valence-electron chi connectivity index (χ1n) is 11.9. The maximum Gasteiger partial charge on any atom is 0.222 e. The van der Waals surface area contributed by atoms with E-state index in [0.717, 1.165) is 10.4 Å². The van der Waals surface area contributed by atoms with Crippen molar-refractivity contribution in [3.8, 4) is 11.5 Å². The zero-order chi connectivity index (χ0) is 26.2. The molecule has 0 aliphatic carbocycles. The minimum absolute atomic E-state index is 0.00543. The van der Waals surface area contributed by atoms with Crippen LogP contribution in [-0.4, -0.2) is 57.1 Å². The number of ether oxygens (including phenoxy) is 3. The Bertz CT molecular complexity index is 1430. The number of rotatable bonds is 7. The summed E-state index contributed by atoms with van der Waals surface area (Å²) in [5, 5.41) is 11.5. The second kappa shape index (κ2) is 10.0. The van der Waals surface area contributed by atoms with E-state index >= 15 is 0 Å². The van der Waals surface area contributed by atoms with E-state index in [2.05, 4.69) is 52.4 Å². The van der Waals surface area contributed by atoms with Crippen molar-refractivity contribution in [1.82, 2.24) is 24.7 Å². The lowest BCUT2D eigenvalue weighted by molar-refractivity contribution is -0.114. The number of nitrogens with zero attached hydrogens (tertiary/aromatic N) is 5. The van der Waals surface area contributed by atoms with Crippen molar-refractivity contribution in [2.75, 3.05) is 31.0 Å². The number of amides is 1. The van der Waals surface area contributed by atoms with Crippen molar-refractivity contribution in [3.05, 3.63) is 42.4 Å². The maximum atomic E-state index is 11.3. The number of pyridine rings is 2. The number of hydrogen-bond donors (Lipinski definition) is 2. The van der Waals surface area contributed by atoms with Crippen LogP contribution in [0.4, 0.5) is 16.8 Å². The largest absolute Gasteiger partial charge is 0.455 e. The van der Waals surface area contributed by atoms with Gasteiger partial charge in [0.15, 0.2) is 16.6 Å². The summed E-state index contributed by atoms with van der Waals surface area (Å²) >= 11 is 1.46. The molecule has 37 heavy (non-hydrogen) atoms. The van der Waals surface area contributed by atoms with E-state index in [9.17, 15) is 4.79 Å². The Morgan fingerprint density at radius 2 is 2.00 bits per heavy atom. The van der Waals surface area contributed by atoms with Gasteiger partial charge in [-0.1, -0.05) is 32.1 Å². The predicted molar refractivity (Wildman–Crippen MR) is 141 cm³/mol. The smallest absolute Gasteiger partial charge is 0.222 e. The first-order valence-corrected chi connectivity index (χ1v) is 12.7. The first-order chi connectivity index (χ1) is 17.7. The van der Waals surface area contributed by atoms with Gasteiger partial charge in [0.1, 0.15) is 29.5 Å². The molecule has 0 spiro atoms. The fourth-order valence-corrected chi connectivity index (χ4v) is 4.99. The van der Waals surface area contributed by atoms with Crippen LogP contribution >= 0.6 is 11.3 Å². The third-order valence-corrected chi connectivity index (χ3v) is 6.76. The average molecular weight is 524 g/mol. The van der Waals surface area contributed by atoms with Crippen molar-refractivity contribution < 1.29 is 19.0 Å². The van der Waals surface area contributed by atoms with Gasteiger partial charge in [0.2, 0.25) is 5.91 Å². The molecule has 5 heterocycles. The van der Waals surface area contributed by atoms with Gasteiger partial charge < -0.3 is 24.8 Å². The molecule has 2 N–H and O–H groups in total. The fourth-order valence-electron chi connectivity index (χ4n) is 4.12. The molecule has 5 rings (SSSR count). The number of aromatic nitrogens is 5. The molecule has 0 unspecified atom stereocenters. The van der Waals surface area contributed by atoms with E-state index in [1.165, 1.54) is 18.3 Å². The van der Waals surface area contributed by atoms with Gasteiger partial charge in [0.25, 0.3) is 0 Å². The number of nitrogens with one attached hydrogen (secondary N) is 2. The molecule has 1 fully saturated rings. The van der Waals surface area contributed by atoms with E-state index in [0.29, 0.717) is 47.1 Å². The lowest BCUT2D eigenvalue weighted by atomic mass is 9.91. The molecule has 194 valence electrons. The van der Waals surface area contributed by atoms with Gasteiger partial charge >= 0.3 is 0 Å². The Hall–Kier alpha value is -3.61. The number of carbonyl (C=O) groups excluding carboxylic acids is 1. The molecule has 0 saturated carbocycles. The van der Waals surface area contributed by atoms with Gasteiger partial charge in [-0.3, -0.25) is 9.48 Å². The molecule has 0 bridgehead atoms. The molecule has 4 aromatic rings. The van der Waals surface area contributed by atoms with Crippen LogP contribution < -0.4 is 15.4 Å². The van der Waals surface area contributed by atoms with Crippen molar-refractivity contribution in [1.29, 1.82) is 0 Å². The normalized spacial score (nSPS) is 17.8. The number of thiazole rings is 1. The van der Waals surface area contributed by atoms with Crippen molar-refractivity contribution in [2.45, 2.75) is 45.3 Å². The fraction of sp³-hybridized carbons (Fsp3) is 0.400. The molecular weight excluding hydrogens is 494 g/mol. The van der Waals surface area contributed by atoms with Crippen LogP contribution in [-0.2, 0) is 19.7 Å². The van der Waals surface area contributed by atoms with Gasteiger partial charge in [-0.25, -0.2) is 9.97 Å². The van der Waals surface area contributed by atoms with Gasteiger partial charge in [0, 0.05) is 49.5 Å². The quantitative estimate of drug-likeness (QED) is 0.356. The highest BCUT2D eigenvalue weighted by molar-refractivity contribution is 7.22. The summed E-state index contributed by atoms with van der Waals surface area (Å²) in [5.41, 5.74) is 1.56. The highest BCUT2D eigenvalue weighted by atomic mass is 32.1. The molecule has 0 aromatic carbocycles. The van der Waals surface area contributed by atoms with E-state index < -0.39 is 0 Å². The van der Waals surface area contributed by atoms with Gasteiger partial charge in [-0.2, -0.15) is 10.1 Å². The van der Waals surface area contributed by atoms with E-state index in [1.54, 1.807) is 31.6 Å². The second-order valence-corrected chi connectivity index (χ2v) is 10.8. The predicted octanol–water partition coefficient (Wildman–Crippen LogP) is 4.66. The molecule has 12 heteroatoms. The summed E-state index contributed by atoms with van der Waals surface area (Å²) in [6, 6.07) is 7.29. The van der Waals surface area contributed by atoms with Gasteiger partial charge in [-0.05, 0) is 6.07 Å². The lowest BCUT2D eigenvalue weighted by Gasteiger charge is -2.25. The number of anilines is 3. The van der Waals surface area contributed by atoms with Crippen LogP contribution in [0.5, 0.6) is 11.5 Å². The van der Waals surface area contributed by atoms with Crippen LogP contribution in [0.25, 0.3) is 10.3 Å². The first kappa shape index (κ1) is 25.1. The van der Waals surface area contributed by atoms with Crippen LogP contribution in [0, 0.1) is 0 Å². The van der Waals surface area contributed by atoms with Crippen LogP contribution in [0.2, 0.25) is 0 Å². The lowest BCUT2D eigenvalue weighted by Crippen LogP contribution is -2.29. The van der Waals surface area contributed by atoms with Gasteiger partial charge in [0.05, 0.1) is 24.1 Å². The van der Waals surface area contributed by atoms with Crippen molar-refractivity contribution in [3.63, 3.8) is 0 Å². The standard InChI is InChI=1S/C25H29N7O4S/c1-14(33)28-21-9-15(6-7-26-21)36-16-8-19-23(27-11-16)30-24(37-19)29-22-10-20(25(2,3)4)32(31-22)17-12-35-13-18(17)34-5/h6-11,17-18H,12-13H2,1-5H3,(H,26,28,33)(H,27,29,30,31)/t17-,18+/m1/s1. The summed E-state index contributed by atoms with van der Waals surface area (Å²) in [5.74, 6) is 2.00. The van der Waals surface area contributed by atoms with Crippen molar-refractivity contribution >= 4 is 44.4 Å². The minimum Gasteiger partial charge on any atom is -0.455 e. The Labute approximate surface area is 218 Å². The van der Waals surface area contributed by atoms with E-state index in [-0.39, 0.29) is 23.5 Å². The highest BCUT2D eigenvalue weighted by Crippen LogP contribution is 2.35. The summed E-state index contributed by atoms with van der Waals surface area (Å²) in [7, 11) is 1.70. The van der Waals surface area contributed by atoms with Gasteiger partial charge in [-0.15, -0.1) is 0 Å². The minimum atomic E-state index is -0.202. The van der Waals surface area contributed by atoms with Crippen molar-refractivity contribution in [2.24, 2.45) is 0 Å². The summed E-state index contributed by atoms with van der Waals surface area (Å²) in [4.78, 5) is 24.5. The zero-order valence-electron chi connectivity index (χ0n) is 21.3. The topological polar surface area (TPSA) is 125 Å². The van der Waals surface area contributed by atoms with E-state index in [1.807, 2.05) is 10.7 Å². The maximum absolute atomic E-state index is 11.3. The van der Waals surface area contributed by atoms with Crippen LogP contribution in [0.1, 0.15) is 39.4 Å². The molecule has 1 aliphatic heterocycles. The highest BCUT2D eigenvalue weighted by Gasteiger charge is 2.34. The molecule has 4 aromatic heterocycles. The third kappa shape index (κ3) is 5.55. The summed E-state index contributed by atoms with van der Waals surface area (Å²) in [6.07, 6.45) is 3.13. The average Bonchev–Trinajstić information content (AvgIpc) is 3.55. The Morgan fingerprint density at radius 3 is 2.76 bits per heavy atom. The summed E-state index contributed by atoms with van der Waals surface area (Å²) in [6.45, 7) is 9.01. The third-order valence-electron chi connectivity index (χ3n) is 5.85. The number of fused-ring (bicyclic) bond motifs is 1. The Kier molecular flexibility index (Phi) is 6.80. The summed E-state index contributed by atoms with van der Waals surface area (Å²) < 4.78 is 20.1. The molecule has 2 atom stereocenters. The number of hydrogen-bond acceptors (Lipinski definition) is 10. The number of methoxy groups -OCH3 is 1. The zero-order valence-corrected chi connectivity index (χ0v) is 22.1. The van der Waals surface area contributed by atoms with E-state index in [4.69, 9.17) is 19.3 Å². The molecule has 0 radical (unpaired) electrons. The molecule has 1 saturated heterocycles. The monoisotopic (exact) mass is 523 g/mol. The molecule has 1 amide bonds. The molecular formula is C25H29N7O4S. The Morgan fingerprint density at radius 1 is 1.16 bits per heavy atom. The van der Waals surface area contributed by atoms with Crippen LogP contribution in [0.3, 0.4) is 0 Å². The SMILES string of the molecule is CO[C@H]1COC[C@H]1n1nc(Nc2nc3ncc(Oc4ccnc(NC(C)=O)c4)cc3s2)cc1C(C)(C)C. The Balaban J connectivity index is 1.37. The molecule has 11 nitrogen and oxygen atoms in total. The van der Waals surface area contributed by atoms with Crippen LogP contribution in [0.15, 0.2) is 36.7 Å². The molecule has 1 aliphatic rings. The number of carbonyl (C=O) groups is 1. The second-order valence-electron chi connectivity index (χ2n) is 9.79.